The molecule has 1 aliphatic carbocycles. The number of amides is 2. The van der Waals surface area contributed by atoms with Crippen LogP contribution in [0.25, 0.3) is 11.1 Å². The lowest BCUT2D eigenvalue weighted by atomic mass is 9.95. The van der Waals surface area contributed by atoms with Gasteiger partial charge in [-0.3, -0.25) is 14.0 Å². The van der Waals surface area contributed by atoms with Crippen LogP contribution < -0.4 is 11.1 Å². The third-order valence-electron chi connectivity index (χ3n) is 6.33. The van der Waals surface area contributed by atoms with Crippen LogP contribution in [0.3, 0.4) is 0 Å². The fourth-order valence-electron chi connectivity index (χ4n) is 4.59. The van der Waals surface area contributed by atoms with Gasteiger partial charge in [-0.15, -0.1) is 0 Å². The minimum absolute atomic E-state index is 0.00469. The summed E-state index contributed by atoms with van der Waals surface area (Å²) in [6.45, 7) is 4.69. The zero-order valence-corrected chi connectivity index (χ0v) is 18.9. The number of rotatable bonds is 5. The lowest BCUT2D eigenvalue weighted by Crippen LogP contribution is -2.26. The number of carbonyl (C=O) groups is 2. The Morgan fingerprint density at radius 3 is 2.80 bits per heavy atom. The summed E-state index contributed by atoms with van der Waals surface area (Å²) < 4.78 is 16.9. The maximum absolute atomic E-state index is 15.2. The normalized spacial score (nSPS) is 19.9. The first-order valence-electron chi connectivity index (χ1n) is 11.3. The van der Waals surface area contributed by atoms with Crippen LogP contribution in [0.4, 0.5) is 16.2 Å². The van der Waals surface area contributed by atoms with Crippen molar-refractivity contribution in [3.05, 3.63) is 78.6 Å². The molecule has 2 unspecified atom stereocenters. The van der Waals surface area contributed by atoms with Gasteiger partial charge in [0.25, 0.3) is 5.91 Å². The number of hydrogen-bond donors (Lipinski definition) is 2. The van der Waals surface area contributed by atoms with E-state index in [4.69, 9.17) is 10.7 Å². The molecular formula is C25H24FN7O2. The molecule has 3 N–H and O–H groups in total. The molecule has 10 heteroatoms. The Balaban J connectivity index is 1.48. The van der Waals surface area contributed by atoms with E-state index in [2.05, 4.69) is 21.9 Å². The number of likely N-dealkylation sites (tertiary alicyclic amines) is 1. The SMILES string of the molecule is C=CC(=O)N1CCC(c2nc(C3=CC=C(C(=O)Nc4ccccn4)C(F)C3)n3c(N)nccc23)C1. The molecule has 0 bridgehead atoms. The van der Waals surface area contributed by atoms with Crippen LogP contribution in [0, 0.1) is 0 Å². The molecule has 0 radical (unpaired) electrons. The van der Waals surface area contributed by atoms with Gasteiger partial charge in [0.1, 0.15) is 17.8 Å². The Hall–Kier alpha value is -4.34. The van der Waals surface area contributed by atoms with Crippen LogP contribution in [0.1, 0.15) is 30.3 Å². The fraction of sp³-hybridized carbons (Fsp3) is 0.240. The highest BCUT2D eigenvalue weighted by Crippen LogP contribution is 2.35. The minimum atomic E-state index is -1.53. The second-order valence-corrected chi connectivity index (χ2v) is 8.47. The van der Waals surface area contributed by atoms with E-state index in [-0.39, 0.29) is 29.8 Å². The van der Waals surface area contributed by atoms with Crippen molar-refractivity contribution in [2.24, 2.45) is 0 Å². The molecule has 4 heterocycles. The molecule has 2 amide bonds. The van der Waals surface area contributed by atoms with Crippen molar-refractivity contribution in [2.45, 2.75) is 24.9 Å². The first-order chi connectivity index (χ1) is 17.0. The predicted molar refractivity (Wildman–Crippen MR) is 130 cm³/mol. The molecule has 35 heavy (non-hydrogen) atoms. The molecule has 2 aliphatic rings. The lowest BCUT2D eigenvalue weighted by molar-refractivity contribution is -0.125. The smallest absolute Gasteiger partial charge is 0.255 e. The maximum atomic E-state index is 15.2. The monoisotopic (exact) mass is 473 g/mol. The first-order valence-corrected chi connectivity index (χ1v) is 11.3. The molecule has 3 aromatic heterocycles. The van der Waals surface area contributed by atoms with Gasteiger partial charge in [-0.25, -0.2) is 19.3 Å². The molecule has 5 rings (SSSR count). The third kappa shape index (κ3) is 4.18. The molecule has 1 saturated heterocycles. The highest BCUT2D eigenvalue weighted by Gasteiger charge is 2.32. The highest BCUT2D eigenvalue weighted by molar-refractivity contribution is 6.05. The van der Waals surface area contributed by atoms with Gasteiger partial charge in [-0.05, 0) is 36.3 Å². The molecule has 9 nitrogen and oxygen atoms in total. The van der Waals surface area contributed by atoms with E-state index in [1.165, 1.54) is 12.2 Å². The van der Waals surface area contributed by atoms with E-state index in [0.717, 1.165) is 17.6 Å². The minimum Gasteiger partial charge on any atom is -0.369 e. The molecule has 1 fully saturated rings. The standard InChI is InChI=1S/C25H24FN7O2/c1-2-21(34)32-12-9-16(14-32)22-19-8-11-29-25(27)33(19)23(31-22)15-6-7-17(18(26)13-15)24(35)30-20-5-3-4-10-28-20/h2-8,10-11,16,18H,1,9,12-14H2,(H2,27,29)(H,28,30,35). The molecule has 3 aromatic rings. The average molecular weight is 474 g/mol. The number of allylic oxidation sites excluding steroid dienone is 3. The second-order valence-electron chi connectivity index (χ2n) is 8.47. The number of nitrogen functional groups attached to an aromatic ring is 1. The van der Waals surface area contributed by atoms with Gasteiger partial charge in [0.2, 0.25) is 11.9 Å². The van der Waals surface area contributed by atoms with E-state index in [9.17, 15) is 9.59 Å². The van der Waals surface area contributed by atoms with Crippen molar-refractivity contribution in [3.8, 4) is 0 Å². The van der Waals surface area contributed by atoms with Gasteiger partial charge in [0, 0.05) is 37.8 Å². The van der Waals surface area contributed by atoms with Crippen molar-refractivity contribution >= 4 is 34.7 Å². The Morgan fingerprint density at radius 1 is 1.20 bits per heavy atom. The van der Waals surface area contributed by atoms with E-state index in [0.29, 0.717) is 30.3 Å². The third-order valence-corrected chi connectivity index (χ3v) is 6.33. The van der Waals surface area contributed by atoms with Gasteiger partial charge in [0.05, 0.1) is 16.8 Å². The number of alkyl halides is 1. The van der Waals surface area contributed by atoms with Gasteiger partial charge in [0.15, 0.2) is 0 Å². The van der Waals surface area contributed by atoms with Gasteiger partial charge >= 0.3 is 0 Å². The van der Waals surface area contributed by atoms with E-state index in [1.807, 2.05) is 6.07 Å². The van der Waals surface area contributed by atoms with E-state index < -0.39 is 12.1 Å². The van der Waals surface area contributed by atoms with Crippen molar-refractivity contribution in [1.29, 1.82) is 0 Å². The van der Waals surface area contributed by atoms with Crippen LogP contribution in [-0.2, 0) is 9.59 Å². The highest BCUT2D eigenvalue weighted by atomic mass is 19.1. The topological polar surface area (TPSA) is 119 Å². The summed E-state index contributed by atoms with van der Waals surface area (Å²) in [4.78, 5) is 39.5. The molecule has 0 saturated carbocycles. The summed E-state index contributed by atoms with van der Waals surface area (Å²) in [5, 5.41) is 2.62. The number of nitrogens with zero attached hydrogens (tertiary/aromatic N) is 5. The second kappa shape index (κ2) is 9.13. The average Bonchev–Trinajstić information content (AvgIpc) is 3.50. The Kier molecular flexibility index (Phi) is 5.86. The first kappa shape index (κ1) is 22.5. The quantitative estimate of drug-likeness (QED) is 0.550. The Labute approximate surface area is 200 Å². The summed E-state index contributed by atoms with van der Waals surface area (Å²) in [5.41, 5.74) is 8.36. The predicted octanol–water partition coefficient (Wildman–Crippen LogP) is 2.90. The molecule has 178 valence electrons. The number of anilines is 2. The number of pyridine rings is 1. The molecule has 0 aromatic carbocycles. The molecule has 1 aliphatic heterocycles. The number of hydrogen-bond acceptors (Lipinski definition) is 6. The van der Waals surface area contributed by atoms with Gasteiger partial charge < -0.3 is 16.0 Å². The van der Waals surface area contributed by atoms with Crippen LogP contribution in [0.15, 0.2) is 67.0 Å². The van der Waals surface area contributed by atoms with E-state index >= 15 is 4.39 Å². The summed E-state index contributed by atoms with van der Waals surface area (Å²) in [5.74, 6) is 0.409. The number of halogens is 1. The van der Waals surface area contributed by atoms with E-state index in [1.54, 1.807) is 46.0 Å². The van der Waals surface area contributed by atoms with Crippen LogP contribution >= 0.6 is 0 Å². The lowest BCUT2D eigenvalue weighted by Gasteiger charge is -2.18. The Morgan fingerprint density at radius 2 is 2.06 bits per heavy atom. The molecular weight excluding hydrogens is 449 g/mol. The van der Waals surface area contributed by atoms with Gasteiger partial charge in [-0.1, -0.05) is 24.8 Å². The van der Waals surface area contributed by atoms with Crippen molar-refractivity contribution in [1.82, 2.24) is 24.3 Å². The summed E-state index contributed by atoms with van der Waals surface area (Å²) >= 11 is 0. The van der Waals surface area contributed by atoms with Crippen LogP contribution in [0.2, 0.25) is 0 Å². The van der Waals surface area contributed by atoms with Crippen molar-refractivity contribution < 1.29 is 14.0 Å². The van der Waals surface area contributed by atoms with Crippen LogP contribution in [0.5, 0.6) is 0 Å². The Bertz CT molecular complexity index is 1380. The number of carbonyl (C=O) groups excluding carboxylic acids is 2. The number of aromatic nitrogens is 4. The maximum Gasteiger partial charge on any atom is 0.255 e. The number of fused-ring (bicyclic) bond motifs is 1. The molecule has 2 atom stereocenters. The van der Waals surface area contributed by atoms with Gasteiger partial charge in [-0.2, -0.15) is 0 Å². The van der Waals surface area contributed by atoms with Crippen LogP contribution in [-0.4, -0.2) is 55.3 Å². The molecule has 0 spiro atoms. The summed E-state index contributed by atoms with van der Waals surface area (Å²) in [6.07, 6.45) is 6.80. The summed E-state index contributed by atoms with van der Waals surface area (Å²) in [7, 11) is 0. The number of nitrogens with one attached hydrogen (secondary N) is 1. The zero-order chi connectivity index (χ0) is 24.5. The van der Waals surface area contributed by atoms with Crippen molar-refractivity contribution in [2.75, 3.05) is 24.1 Å². The summed E-state index contributed by atoms with van der Waals surface area (Å²) in [6, 6.07) is 6.92. The fourth-order valence-corrected chi connectivity index (χ4v) is 4.59. The largest absolute Gasteiger partial charge is 0.369 e. The number of nitrogens with two attached hydrogens (primary N) is 1. The van der Waals surface area contributed by atoms with Crippen molar-refractivity contribution in [3.63, 3.8) is 0 Å². The zero-order valence-electron chi connectivity index (χ0n) is 18.9. The number of imidazole rings is 1.